The fraction of sp³-hybridized carbons (Fsp3) is 0.545. The summed E-state index contributed by atoms with van der Waals surface area (Å²) in [5.74, 6) is -0.228. The van der Waals surface area contributed by atoms with Crippen LogP contribution in [0.5, 0.6) is 0 Å². The first-order valence-electron chi connectivity index (χ1n) is 10.3. The summed E-state index contributed by atoms with van der Waals surface area (Å²) in [4.78, 5) is 53.5. The standard InChI is InChI=1S/C22H23NO5S2/c1-29-8-6-15(22(27)28-10-16(24)17-3-2-7-30-17)23-20(25)18-11-4-5-12(14-9-13(11)14)19(18)21(23)26/h2-5,7,11-15,18-19H,6,8-10H2,1H3/t11-,12-,13-,14-,15+,18-,19+/m1/s1. The molecule has 1 aromatic rings. The van der Waals surface area contributed by atoms with Crippen molar-refractivity contribution < 1.29 is 23.9 Å². The van der Waals surface area contributed by atoms with E-state index in [1.807, 2.05) is 6.26 Å². The van der Waals surface area contributed by atoms with Crippen LogP contribution in [0.1, 0.15) is 22.5 Å². The summed E-state index contributed by atoms with van der Waals surface area (Å²) in [7, 11) is 0. The predicted molar refractivity (Wildman–Crippen MR) is 113 cm³/mol. The van der Waals surface area contributed by atoms with Gasteiger partial charge in [-0.05, 0) is 60.0 Å². The third kappa shape index (κ3) is 3.07. The Labute approximate surface area is 183 Å². The summed E-state index contributed by atoms with van der Waals surface area (Å²) < 4.78 is 5.30. The van der Waals surface area contributed by atoms with Crippen molar-refractivity contribution in [3.8, 4) is 0 Å². The van der Waals surface area contributed by atoms with Crippen LogP contribution < -0.4 is 0 Å². The van der Waals surface area contributed by atoms with E-state index >= 15 is 0 Å². The lowest BCUT2D eigenvalue weighted by Gasteiger charge is -2.37. The highest BCUT2D eigenvalue weighted by Crippen LogP contribution is 2.65. The van der Waals surface area contributed by atoms with Gasteiger partial charge >= 0.3 is 5.97 Å². The molecule has 2 bridgehead atoms. The van der Waals surface area contributed by atoms with Gasteiger partial charge in [0.05, 0.1) is 16.7 Å². The molecule has 1 saturated heterocycles. The van der Waals surface area contributed by atoms with E-state index in [0.717, 1.165) is 6.42 Å². The maximum absolute atomic E-state index is 13.3. The van der Waals surface area contributed by atoms with E-state index < -0.39 is 12.0 Å². The van der Waals surface area contributed by atoms with Crippen molar-refractivity contribution in [2.24, 2.45) is 35.5 Å². The average molecular weight is 446 g/mol. The maximum Gasteiger partial charge on any atom is 0.329 e. The number of hydrogen-bond donors (Lipinski definition) is 0. The van der Waals surface area contributed by atoms with Gasteiger partial charge < -0.3 is 4.74 Å². The first-order chi connectivity index (χ1) is 14.5. The summed E-state index contributed by atoms with van der Waals surface area (Å²) in [6, 6.07) is 2.48. The fourth-order valence-electron chi connectivity index (χ4n) is 5.61. The Hall–Kier alpha value is -1.93. The second-order valence-electron chi connectivity index (χ2n) is 8.51. The molecule has 2 heterocycles. The number of amides is 2. The molecule has 2 saturated carbocycles. The zero-order chi connectivity index (χ0) is 21.0. The Morgan fingerprint density at radius 2 is 1.87 bits per heavy atom. The van der Waals surface area contributed by atoms with Crippen LogP contribution in [-0.4, -0.2) is 53.1 Å². The van der Waals surface area contributed by atoms with Crippen LogP contribution in [0.25, 0.3) is 0 Å². The Kier molecular flexibility index (Phi) is 5.09. The number of likely N-dealkylation sites (tertiary alicyclic amines) is 1. The van der Waals surface area contributed by atoms with Crippen LogP contribution in [0.3, 0.4) is 0 Å². The highest BCUT2D eigenvalue weighted by Gasteiger charge is 2.67. The molecule has 1 aromatic heterocycles. The molecule has 0 unspecified atom stereocenters. The normalized spacial score (nSPS) is 34.0. The van der Waals surface area contributed by atoms with E-state index in [-0.39, 0.29) is 47.9 Å². The van der Waals surface area contributed by atoms with Crippen molar-refractivity contribution in [3.05, 3.63) is 34.5 Å². The number of hydrogen-bond acceptors (Lipinski definition) is 7. The third-order valence-corrected chi connectivity index (χ3v) is 8.57. The van der Waals surface area contributed by atoms with Crippen molar-refractivity contribution in [1.29, 1.82) is 0 Å². The van der Waals surface area contributed by atoms with Crippen molar-refractivity contribution in [3.63, 3.8) is 0 Å². The van der Waals surface area contributed by atoms with Gasteiger partial charge in [0.15, 0.2) is 6.61 Å². The molecule has 4 aliphatic carbocycles. The zero-order valence-corrected chi connectivity index (χ0v) is 18.2. The molecule has 6 rings (SSSR count). The Balaban J connectivity index is 1.34. The van der Waals surface area contributed by atoms with Crippen LogP contribution in [0.2, 0.25) is 0 Å². The molecule has 0 radical (unpaired) electrons. The second-order valence-corrected chi connectivity index (χ2v) is 10.4. The number of rotatable bonds is 8. The highest BCUT2D eigenvalue weighted by molar-refractivity contribution is 7.98. The molecule has 158 valence electrons. The van der Waals surface area contributed by atoms with Crippen LogP contribution in [0, 0.1) is 35.5 Å². The van der Waals surface area contributed by atoms with E-state index in [0.29, 0.717) is 28.9 Å². The molecule has 7 atom stereocenters. The van der Waals surface area contributed by atoms with E-state index in [9.17, 15) is 19.2 Å². The highest BCUT2D eigenvalue weighted by atomic mass is 32.2. The maximum atomic E-state index is 13.3. The number of ketones is 1. The van der Waals surface area contributed by atoms with Gasteiger partial charge in [-0.25, -0.2) is 4.79 Å². The molecule has 8 heteroatoms. The number of Topliss-reactive ketones (excluding diaryl/α,β-unsaturated/α-hetero) is 1. The number of carbonyl (C=O) groups excluding carboxylic acids is 4. The molecule has 2 amide bonds. The molecule has 6 nitrogen and oxygen atoms in total. The van der Waals surface area contributed by atoms with Crippen LogP contribution in [-0.2, 0) is 19.1 Å². The lowest BCUT2D eigenvalue weighted by atomic mass is 9.63. The number of allylic oxidation sites excluding steroid dienone is 2. The molecule has 5 aliphatic rings. The summed E-state index contributed by atoms with van der Waals surface area (Å²) in [5.41, 5.74) is 0. The Bertz CT molecular complexity index is 890. The molecule has 0 N–H and O–H groups in total. The molecular formula is C22H23NO5S2. The molecule has 0 spiro atoms. The molecular weight excluding hydrogens is 422 g/mol. The smallest absolute Gasteiger partial charge is 0.329 e. The molecule has 3 fully saturated rings. The Morgan fingerprint density at radius 3 is 2.43 bits per heavy atom. The number of imide groups is 1. The summed E-state index contributed by atoms with van der Waals surface area (Å²) in [5, 5.41) is 1.78. The number of carbonyl (C=O) groups is 4. The van der Waals surface area contributed by atoms with E-state index in [1.165, 1.54) is 16.2 Å². The van der Waals surface area contributed by atoms with Gasteiger partial charge in [0.25, 0.3) is 0 Å². The van der Waals surface area contributed by atoms with Crippen molar-refractivity contribution in [2.45, 2.75) is 18.9 Å². The predicted octanol–water partition coefficient (Wildman–Crippen LogP) is 2.65. The molecule has 0 aromatic carbocycles. The fourth-order valence-corrected chi connectivity index (χ4v) is 6.72. The van der Waals surface area contributed by atoms with Crippen LogP contribution in [0.15, 0.2) is 29.7 Å². The van der Waals surface area contributed by atoms with E-state index in [4.69, 9.17) is 4.74 Å². The summed E-state index contributed by atoms with van der Waals surface area (Å²) in [6.07, 6.45) is 7.57. The van der Waals surface area contributed by atoms with Gasteiger partial charge in [-0.15, -0.1) is 11.3 Å². The van der Waals surface area contributed by atoms with Gasteiger partial charge in [-0.2, -0.15) is 11.8 Å². The number of thioether (sulfide) groups is 1. The molecule has 30 heavy (non-hydrogen) atoms. The van der Waals surface area contributed by atoms with Crippen molar-refractivity contribution in [1.82, 2.24) is 4.90 Å². The first-order valence-corrected chi connectivity index (χ1v) is 12.6. The number of nitrogens with zero attached hydrogens (tertiary/aromatic N) is 1. The summed E-state index contributed by atoms with van der Waals surface area (Å²) in [6.45, 7) is -0.380. The van der Waals surface area contributed by atoms with Crippen molar-refractivity contribution >= 4 is 46.7 Å². The van der Waals surface area contributed by atoms with Gasteiger partial charge in [0.1, 0.15) is 6.04 Å². The topological polar surface area (TPSA) is 80.8 Å². The zero-order valence-electron chi connectivity index (χ0n) is 16.6. The lowest BCUT2D eigenvalue weighted by molar-refractivity contribution is -0.158. The van der Waals surface area contributed by atoms with Crippen LogP contribution >= 0.6 is 23.1 Å². The minimum absolute atomic E-state index is 0.115. The Morgan fingerprint density at radius 1 is 1.20 bits per heavy atom. The number of ether oxygens (including phenoxy) is 1. The van der Waals surface area contributed by atoms with Gasteiger partial charge in [-0.3, -0.25) is 19.3 Å². The van der Waals surface area contributed by atoms with E-state index in [1.54, 1.807) is 29.3 Å². The van der Waals surface area contributed by atoms with Crippen molar-refractivity contribution in [2.75, 3.05) is 18.6 Å². The lowest BCUT2D eigenvalue weighted by Crippen LogP contribution is -2.47. The SMILES string of the molecule is CSCC[C@@H](C(=O)OCC(=O)c1cccs1)N1C(=O)[C@@H]2[C@@H]3C=C[C@H]([C@H]4C[C@H]34)[C@@H]2C1=O. The largest absolute Gasteiger partial charge is 0.456 e. The summed E-state index contributed by atoms with van der Waals surface area (Å²) >= 11 is 2.83. The quantitative estimate of drug-likeness (QED) is 0.265. The van der Waals surface area contributed by atoms with Gasteiger partial charge in [0.2, 0.25) is 17.6 Å². The number of esters is 1. The molecule has 1 aliphatic heterocycles. The first kappa shape index (κ1) is 20.0. The number of thiophene rings is 1. The monoisotopic (exact) mass is 445 g/mol. The minimum atomic E-state index is -0.963. The van der Waals surface area contributed by atoms with Gasteiger partial charge in [0, 0.05) is 0 Å². The third-order valence-electron chi connectivity index (χ3n) is 7.02. The van der Waals surface area contributed by atoms with Gasteiger partial charge in [-0.1, -0.05) is 18.2 Å². The minimum Gasteiger partial charge on any atom is -0.456 e. The second kappa shape index (κ2) is 7.64. The van der Waals surface area contributed by atoms with E-state index in [2.05, 4.69) is 12.2 Å². The van der Waals surface area contributed by atoms with Crippen LogP contribution in [0.4, 0.5) is 0 Å². The average Bonchev–Trinajstić information content (AvgIpc) is 3.32.